The molecule has 1 aromatic carbocycles. The van der Waals surface area contributed by atoms with Gasteiger partial charge >= 0.3 is 0 Å². The first kappa shape index (κ1) is 15.0. The monoisotopic (exact) mass is 291 g/mol. The van der Waals surface area contributed by atoms with Gasteiger partial charge in [-0.25, -0.2) is 4.39 Å². The molecular formula is C15H18FN3O2. The summed E-state index contributed by atoms with van der Waals surface area (Å²) in [5.74, 6) is 0.564. The molecule has 1 aromatic heterocycles. The van der Waals surface area contributed by atoms with Gasteiger partial charge in [0.25, 0.3) is 6.47 Å². The number of rotatable bonds is 7. The van der Waals surface area contributed by atoms with E-state index < -0.39 is 6.10 Å². The van der Waals surface area contributed by atoms with Crippen LogP contribution in [0.2, 0.25) is 0 Å². The number of aromatic nitrogens is 2. The lowest BCUT2D eigenvalue weighted by Crippen LogP contribution is -2.19. The Labute approximate surface area is 122 Å². The third-order valence-corrected chi connectivity index (χ3v) is 3.19. The number of ether oxygens (including phenoxy) is 1. The number of hydrogen-bond acceptors (Lipinski definition) is 4. The van der Waals surface area contributed by atoms with Gasteiger partial charge in [-0.05, 0) is 11.6 Å². The van der Waals surface area contributed by atoms with Crippen molar-refractivity contribution in [3.63, 3.8) is 0 Å². The SMILES string of the molecule is CN(C)c1cc(CC(Cc2ccccc2F)OC=O)n[nH]1. The third-order valence-electron chi connectivity index (χ3n) is 3.19. The molecular weight excluding hydrogens is 273 g/mol. The average Bonchev–Trinajstić information content (AvgIpc) is 2.90. The Morgan fingerprint density at radius 3 is 2.76 bits per heavy atom. The van der Waals surface area contributed by atoms with Crippen molar-refractivity contribution >= 4 is 12.3 Å². The Morgan fingerprint density at radius 2 is 2.14 bits per heavy atom. The number of hydrogen-bond donors (Lipinski definition) is 1. The average molecular weight is 291 g/mol. The zero-order chi connectivity index (χ0) is 15.2. The van der Waals surface area contributed by atoms with Crippen molar-refractivity contribution in [3.05, 3.63) is 47.4 Å². The molecule has 112 valence electrons. The fourth-order valence-electron chi connectivity index (χ4n) is 2.07. The van der Waals surface area contributed by atoms with Gasteiger partial charge in [-0.3, -0.25) is 9.89 Å². The van der Waals surface area contributed by atoms with Crippen molar-refractivity contribution in [2.45, 2.75) is 18.9 Å². The summed E-state index contributed by atoms with van der Waals surface area (Å²) in [5.41, 5.74) is 1.29. The van der Waals surface area contributed by atoms with E-state index in [0.717, 1.165) is 11.5 Å². The lowest BCUT2D eigenvalue weighted by molar-refractivity contribution is -0.133. The lowest BCUT2D eigenvalue weighted by Gasteiger charge is -2.14. The van der Waals surface area contributed by atoms with Crippen LogP contribution < -0.4 is 4.90 Å². The Morgan fingerprint density at radius 1 is 1.38 bits per heavy atom. The molecule has 1 atom stereocenters. The lowest BCUT2D eigenvalue weighted by atomic mass is 10.0. The molecule has 0 fully saturated rings. The van der Waals surface area contributed by atoms with Crippen LogP contribution in [0.5, 0.6) is 0 Å². The molecule has 5 nitrogen and oxygen atoms in total. The second kappa shape index (κ2) is 6.88. The Balaban J connectivity index is 2.08. The summed E-state index contributed by atoms with van der Waals surface area (Å²) in [4.78, 5) is 12.5. The van der Waals surface area contributed by atoms with E-state index in [9.17, 15) is 9.18 Å². The summed E-state index contributed by atoms with van der Waals surface area (Å²) in [6.07, 6.45) is 0.296. The number of H-pyrrole nitrogens is 1. The van der Waals surface area contributed by atoms with Crippen LogP contribution in [0.3, 0.4) is 0 Å². The van der Waals surface area contributed by atoms with Crippen LogP contribution in [-0.2, 0) is 22.4 Å². The second-order valence-electron chi connectivity index (χ2n) is 4.99. The number of nitrogens with zero attached hydrogens (tertiary/aromatic N) is 2. The number of benzene rings is 1. The molecule has 1 heterocycles. The molecule has 0 bridgehead atoms. The molecule has 1 unspecified atom stereocenters. The molecule has 0 amide bonds. The summed E-state index contributed by atoms with van der Waals surface area (Å²) in [6.45, 7) is 0.394. The minimum absolute atomic E-state index is 0.298. The Kier molecular flexibility index (Phi) is 4.92. The van der Waals surface area contributed by atoms with Crippen LogP contribution in [0, 0.1) is 5.82 Å². The highest BCUT2D eigenvalue weighted by Crippen LogP contribution is 2.15. The molecule has 0 saturated heterocycles. The predicted octanol–water partition coefficient (Wildman–Crippen LogP) is 1.94. The molecule has 0 spiro atoms. The van der Waals surface area contributed by atoms with E-state index in [-0.39, 0.29) is 5.82 Å². The predicted molar refractivity (Wildman–Crippen MR) is 77.7 cm³/mol. The van der Waals surface area contributed by atoms with Crippen LogP contribution in [-0.4, -0.2) is 36.9 Å². The van der Waals surface area contributed by atoms with Gasteiger partial charge in [0.2, 0.25) is 0 Å². The maximum Gasteiger partial charge on any atom is 0.293 e. The van der Waals surface area contributed by atoms with Crippen LogP contribution in [0.15, 0.2) is 30.3 Å². The zero-order valence-corrected chi connectivity index (χ0v) is 12.0. The largest absolute Gasteiger partial charge is 0.464 e. The van der Waals surface area contributed by atoms with Crippen molar-refractivity contribution in [1.29, 1.82) is 0 Å². The van der Waals surface area contributed by atoms with Gasteiger partial charge < -0.3 is 9.64 Å². The number of carbonyl (C=O) groups is 1. The van der Waals surface area contributed by atoms with Gasteiger partial charge in [0.1, 0.15) is 17.7 Å². The molecule has 21 heavy (non-hydrogen) atoms. The molecule has 0 aliphatic rings. The van der Waals surface area contributed by atoms with E-state index in [0.29, 0.717) is 24.9 Å². The fraction of sp³-hybridized carbons (Fsp3) is 0.333. The fourth-order valence-corrected chi connectivity index (χ4v) is 2.07. The van der Waals surface area contributed by atoms with Crippen molar-refractivity contribution in [2.75, 3.05) is 19.0 Å². The second-order valence-corrected chi connectivity index (χ2v) is 4.99. The van der Waals surface area contributed by atoms with E-state index in [1.807, 2.05) is 25.1 Å². The number of halogens is 1. The molecule has 0 radical (unpaired) electrons. The van der Waals surface area contributed by atoms with Crippen LogP contribution in [0.25, 0.3) is 0 Å². The smallest absolute Gasteiger partial charge is 0.293 e. The molecule has 2 aromatic rings. The summed E-state index contributed by atoms with van der Waals surface area (Å²) in [7, 11) is 3.80. The minimum Gasteiger partial charge on any atom is -0.464 e. The first-order valence-corrected chi connectivity index (χ1v) is 6.64. The van der Waals surface area contributed by atoms with Crippen molar-refractivity contribution < 1.29 is 13.9 Å². The van der Waals surface area contributed by atoms with Gasteiger partial charge in [0.05, 0.1) is 5.69 Å². The minimum atomic E-state index is -0.447. The number of aromatic amines is 1. The molecule has 0 aliphatic heterocycles. The van der Waals surface area contributed by atoms with Crippen molar-refractivity contribution in [2.24, 2.45) is 0 Å². The molecule has 2 rings (SSSR count). The molecule has 0 saturated carbocycles. The topological polar surface area (TPSA) is 58.2 Å². The number of carbonyl (C=O) groups excluding carboxylic acids is 1. The van der Waals surface area contributed by atoms with Crippen LogP contribution in [0.4, 0.5) is 10.2 Å². The van der Waals surface area contributed by atoms with Gasteiger partial charge in [-0.2, -0.15) is 5.10 Å². The van der Waals surface area contributed by atoms with E-state index in [1.165, 1.54) is 6.07 Å². The first-order valence-electron chi connectivity index (χ1n) is 6.64. The summed E-state index contributed by atoms with van der Waals surface area (Å²) in [5, 5.41) is 7.05. The van der Waals surface area contributed by atoms with Crippen LogP contribution >= 0.6 is 0 Å². The van der Waals surface area contributed by atoms with E-state index in [1.54, 1.807) is 18.2 Å². The van der Waals surface area contributed by atoms with Gasteiger partial charge in [0, 0.05) is 33.0 Å². The molecule has 6 heteroatoms. The summed E-state index contributed by atoms with van der Waals surface area (Å²) < 4.78 is 18.7. The first-order chi connectivity index (χ1) is 10.1. The number of anilines is 1. The zero-order valence-electron chi connectivity index (χ0n) is 12.0. The normalized spacial score (nSPS) is 12.0. The number of nitrogens with one attached hydrogen (secondary N) is 1. The Hall–Kier alpha value is -2.37. The maximum atomic E-state index is 13.7. The van der Waals surface area contributed by atoms with Crippen molar-refractivity contribution in [1.82, 2.24) is 10.2 Å². The maximum absolute atomic E-state index is 13.7. The highest BCUT2D eigenvalue weighted by atomic mass is 19.1. The van der Waals surface area contributed by atoms with Gasteiger partial charge in [-0.1, -0.05) is 18.2 Å². The van der Waals surface area contributed by atoms with Crippen LogP contribution in [0.1, 0.15) is 11.3 Å². The van der Waals surface area contributed by atoms with Gasteiger partial charge in [0.15, 0.2) is 0 Å². The quantitative estimate of drug-likeness (QED) is 0.792. The summed E-state index contributed by atoms with van der Waals surface area (Å²) >= 11 is 0. The van der Waals surface area contributed by atoms with Gasteiger partial charge in [-0.15, -0.1) is 0 Å². The molecule has 1 N–H and O–H groups in total. The third kappa shape index (κ3) is 4.05. The van der Waals surface area contributed by atoms with E-state index in [4.69, 9.17) is 4.74 Å². The Bertz CT molecular complexity index is 598. The van der Waals surface area contributed by atoms with Crippen molar-refractivity contribution in [3.8, 4) is 0 Å². The highest BCUT2D eigenvalue weighted by molar-refractivity contribution is 5.39. The highest BCUT2D eigenvalue weighted by Gasteiger charge is 2.16. The van der Waals surface area contributed by atoms with E-state index in [2.05, 4.69) is 10.2 Å². The summed E-state index contributed by atoms with van der Waals surface area (Å²) in [6, 6.07) is 8.35. The van der Waals surface area contributed by atoms with E-state index >= 15 is 0 Å². The molecule has 0 aliphatic carbocycles. The standard InChI is InChI=1S/C15H18FN3O2/c1-19(2)15-9-12(17-18-15)8-13(21-10-20)7-11-5-3-4-6-14(11)16/h3-6,9-10,13H,7-8H2,1-2H3,(H,17,18).